The van der Waals surface area contributed by atoms with Gasteiger partial charge in [0.1, 0.15) is 0 Å². The fraction of sp³-hybridized carbons (Fsp3) is 0.444. The Morgan fingerprint density at radius 3 is 2.65 bits per heavy atom. The number of aryl methyl sites for hydroxylation is 1. The van der Waals surface area contributed by atoms with Gasteiger partial charge in [-0.05, 0) is 48.3 Å². The van der Waals surface area contributed by atoms with Crippen molar-refractivity contribution >= 4 is 11.3 Å². The van der Waals surface area contributed by atoms with E-state index < -0.39 is 0 Å². The average Bonchev–Trinajstić information content (AvgIpc) is 3.14. The molecule has 106 valence electrons. The van der Waals surface area contributed by atoms with Crippen LogP contribution in [0.15, 0.2) is 41.8 Å². The Morgan fingerprint density at radius 2 is 1.95 bits per heavy atom. The van der Waals surface area contributed by atoms with Gasteiger partial charge in [0, 0.05) is 17.5 Å². The number of hydrogen-bond acceptors (Lipinski definition) is 2. The molecule has 1 saturated carbocycles. The van der Waals surface area contributed by atoms with E-state index in [-0.39, 0.29) is 0 Å². The lowest BCUT2D eigenvalue weighted by Gasteiger charge is -2.24. The highest BCUT2D eigenvalue weighted by Crippen LogP contribution is 2.37. The van der Waals surface area contributed by atoms with E-state index >= 15 is 0 Å². The fourth-order valence-electron chi connectivity index (χ4n) is 3.29. The van der Waals surface area contributed by atoms with Gasteiger partial charge in [0.2, 0.25) is 0 Å². The topological polar surface area (TPSA) is 12.0 Å². The molecule has 1 N–H and O–H groups in total. The number of rotatable bonds is 5. The van der Waals surface area contributed by atoms with Crippen molar-refractivity contribution in [1.29, 1.82) is 0 Å². The van der Waals surface area contributed by atoms with Crippen molar-refractivity contribution < 1.29 is 0 Å². The number of hydrogen-bond donors (Lipinski definition) is 1. The van der Waals surface area contributed by atoms with Gasteiger partial charge in [-0.2, -0.15) is 0 Å². The van der Waals surface area contributed by atoms with E-state index in [0.717, 1.165) is 12.5 Å². The van der Waals surface area contributed by atoms with E-state index in [1.807, 2.05) is 11.3 Å². The number of benzene rings is 1. The number of nitrogens with one attached hydrogen (secondary N) is 1. The first-order valence-corrected chi connectivity index (χ1v) is 8.54. The van der Waals surface area contributed by atoms with Crippen LogP contribution in [0.1, 0.15) is 47.7 Å². The second-order valence-corrected chi connectivity index (χ2v) is 6.82. The predicted molar refractivity (Wildman–Crippen MR) is 87.0 cm³/mol. The molecule has 1 atom stereocenters. The maximum absolute atomic E-state index is 3.83. The monoisotopic (exact) mass is 285 g/mol. The van der Waals surface area contributed by atoms with Crippen molar-refractivity contribution in [3.05, 3.63) is 57.8 Å². The Bertz CT molecular complexity index is 526. The van der Waals surface area contributed by atoms with Gasteiger partial charge in [-0.25, -0.2) is 0 Å². The molecule has 2 heteroatoms. The van der Waals surface area contributed by atoms with Crippen molar-refractivity contribution in [2.75, 3.05) is 0 Å². The standard InChI is InChI=1S/C18H23NS/c1-14-7-2-3-10-16(14)13-19-18(15-8-4-5-9-15)17-11-6-12-20-17/h2-3,6-7,10-12,15,18-19H,4-5,8-9,13H2,1H3. The minimum absolute atomic E-state index is 0.539. The summed E-state index contributed by atoms with van der Waals surface area (Å²) in [6, 6.07) is 13.7. The van der Waals surface area contributed by atoms with E-state index in [1.54, 1.807) is 0 Å². The maximum Gasteiger partial charge on any atom is 0.0446 e. The molecule has 20 heavy (non-hydrogen) atoms. The Labute approximate surface area is 126 Å². The molecular weight excluding hydrogens is 262 g/mol. The van der Waals surface area contributed by atoms with Gasteiger partial charge in [0.05, 0.1) is 0 Å². The van der Waals surface area contributed by atoms with E-state index in [9.17, 15) is 0 Å². The summed E-state index contributed by atoms with van der Waals surface area (Å²) in [6.45, 7) is 3.18. The van der Waals surface area contributed by atoms with Crippen LogP contribution < -0.4 is 5.32 Å². The van der Waals surface area contributed by atoms with E-state index in [4.69, 9.17) is 0 Å². The van der Waals surface area contributed by atoms with Crippen molar-refractivity contribution in [2.24, 2.45) is 5.92 Å². The summed E-state index contributed by atoms with van der Waals surface area (Å²) in [4.78, 5) is 1.51. The van der Waals surface area contributed by atoms with Gasteiger partial charge in [0.15, 0.2) is 0 Å². The molecule has 0 aliphatic heterocycles. The molecule has 1 nitrogen and oxygen atoms in total. The molecule has 1 aromatic carbocycles. The molecule has 0 amide bonds. The predicted octanol–water partition coefficient (Wildman–Crippen LogP) is 5.08. The summed E-state index contributed by atoms with van der Waals surface area (Å²) < 4.78 is 0. The summed E-state index contributed by atoms with van der Waals surface area (Å²) in [5, 5.41) is 6.03. The maximum atomic E-state index is 3.83. The van der Waals surface area contributed by atoms with Gasteiger partial charge >= 0.3 is 0 Å². The van der Waals surface area contributed by atoms with Crippen molar-refractivity contribution in [3.63, 3.8) is 0 Å². The van der Waals surface area contributed by atoms with Gasteiger partial charge in [-0.15, -0.1) is 11.3 Å². The van der Waals surface area contributed by atoms with Crippen molar-refractivity contribution in [2.45, 2.75) is 45.2 Å². The minimum Gasteiger partial charge on any atom is -0.305 e. The van der Waals surface area contributed by atoms with Crippen LogP contribution in [0.5, 0.6) is 0 Å². The summed E-state index contributed by atoms with van der Waals surface area (Å²) in [5.41, 5.74) is 2.81. The lowest BCUT2D eigenvalue weighted by molar-refractivity contribution is 0.370. The van der Waals surface area contributed by atoms with Crippen LogP contribution in [-0.2, 0) is 6.54 Å². The van der Waals surface area contributed by atoms with E-state index in [2.05, 4.69) is 54.0 Å². The first kappa shape index (κ1) is 13.8. The molecule has 0 radical (unpaired) electrons. The van der Waals surface area contributed by atoms with E-state index in [1.165, 1.54) is 41.7 Å². The van der Waals surface area contributed by atoms with Crippen LogP contribution in [0.4, 0.5) is 0 Å². The highest BCUT2D eigenvalue weighted by atomic mass is 32.1. The summed E-state index contributed by atoms with van der Waals surface area (Å²) in [6.07, 6.45) is 5.56. The Hall–Kier alpha value is -1.12. The van der Waals surface area contributed by atoms with Crippen molar-refractivity contribution in [3.8, 4) is 0 Å². The zero-order valence-electron chi connectivity index (χ0n) is 12.1. The van der Waals surface area contributed by atoms with Crippen LogP contribution in [0.3, 0.4) is 0 Å². The lowest BCUT2D eigenvalue weighted by atomic mass is 9.96. The molecule has 1 heterocycles. The third-order valence-electron chi connectivity index (χ3n) is 4.49. The van der Waals surface area contributed by atoms with Gasteiger partial charge in [-0.3, -0.25) is 0 Å². The third kappa shape index (κ3) is 3.13. The van der Waals surface area contributed by atoms with Gasteiger partial charge in [-0.1, -0.05) is 43.2 Å². The van der Waals surface area contributed by atoms with Gasteiger partial charge < -0.3 is 5.32 Å². The summed E-state index contributed by atoms with van der Waals surface area (Å²) in [7, 11) is 0. The zero-order valence-corrected chi connectivity index (χ0v) is 13.0. The van der Waals surface area contributed by atoms with E-state index in [0.29, 0.717) is 6.04 Å². The van der Waals surface area contributed by atoms with Crippen molar-refractivity contribution in [1.82, 2.24) is 5.32 Å². The molecular formula is C18H23NS. The fourth-order valence-corrected chi connectivity index (χ4v) is 4.18. The van der Waals surface area contributed by atoms with Crippen LogP contribution >= 0.6 is 11.3 Å². The van der Waals surface area contributed by atoms with Gasteiger partial charge in [0.25, 0.3) is 0 Å². The molecule has 3 rings (SSSR count). The SMILES string of the molecule is Cc1ccccc1CNC(c1cccs1)C1CCCC1. The first-order chi connectivity index (χ1) is 9.84. The molecule has 1 aliphatic rings. The molecule has 0 saturated heterocycles. The lowest BCUT2D eigenvalue weighted by Crippen LogP contribution is -2.26. The molecule has 0 bridgehead atoms. The molecule has 1 aromatic heterocycles. The highest BCUT2D eigenvalue weighted by Gasteiger charge is 2.26. The first-order valence-electron chi connectivity index (χ1n) is 7.66. The Balaban J connectivity index is 1.72. The molecule has 1 aliphatic carbocycles. The zero-order chi connectivity index (χ0) is 13.8. The summed E-state index contributed by atoms with van der Waals surface area (Å²) in [5.74, 6) is 0.817. The van der Waals surface area contributed by atoms with Crippen LogP contribution in [0, 0.1) is 12.8 Å². The normalized spacial score (nSPS) is 17.4. The van der Waals surface area contributed by atoms with Crippen LogP contribution in [0.25, 0.3) is 0 Å². The van der Waals surface area contributed by atoms with Crippen LogP contribution in [-0.4, -0.2) is 0 Å². The largest absolute Gasteiger partial charge is 0.305 e. The smallest absolute Gasteiger partial charge is 0.0446 e. The average molecular weight is 285 g/mol. The molecule has 1 fully saturated rings. The highest BCUT2D eigenvalue weighted by molar-refractivity contribution is 7.10. The Morgan fingerprint density at radius 1 is 1.15 bits per heavy atom. The molecule has 1 unspecified atom stereocenters. The second-order valence-electron chi connectivity index (χ2n) is 5.85. The molecule has 0 spiro atoms. The molecule has 2 aromatic rings. The third-order valence-corrected chi connectivity index (χ3v) is 5.45. The van der Waals surface area contributed by atoms with Crippen LogP contribution in [0.2, 0.25) is 0 Å². The quantitative estimate of drug-likeness (QED) is 0.808. The number of thiophene rings is 1. The summed E-state index contributed by atoms with van der Waals surface area (Å²) >= 11 is 1.89. The second kappa shape index (κ2) is 6.55. The minimum atomic E-state index is 0.539. The Kier molecular flexibility index (Phi) is 4.54.